The van der Waals surface area contributed by atoms with E-state index >= 15 is 0 Å². The van der Waals surface area contributed by atoms with Gasteiger partial charge >= 0.3 is 5.97 Å². The van der Waals surface area contributed by atoms with Crippen LogP contribution < -0.4 is 0 Å². The Morgan fingerprint density at radius 1 is 1.35 bits per heavy atom. The predicted molar refractivity (Wildman–Crippen MR) is 70.7 cm³/mol. The van der Waals surface area contributed by atoms with Gasteiger partial charge < -0.3 is 9.52 Å². The number of nitrogens with zero attached hydrogens (tertiary/aromatic N) is 1. The van der Waals surface area contributed by atoms with E-state index in [1.54, 1.807) is 24.3 Å². The van der Waals surface area contributed by atoms with Crippen molar-refractivity contribution >= 4 is 27.0 Å². The van der Waals surface area contributed by atoms with Crippen molar-refractivity contribution in [3.8, 4) is 0 Å². The highest BCUT2D eigenvalue weighted by Gasteiger charge is 2.38. The van der Waals surface area contributed by atoms with Gasteiger partial charge in [-0.2, -0.15) is 4.31 Å². The fraction of sp³-hybridized carbons (Fsp3) is 0.154. The van der Waals surface area contributed by atoms with Crippen LogP contribution in [0.15, 0.2) is 52.0 Å². The molecule has 1 aliphatic heterocycles. The van der Waals surface area contributed by atoms with Crippen LogP contribution in [0, 0.1) is 0 Å². The lowest BCUT2D eigenvalue weighted by Crippen LogP contribution is -2.40. The number of benzene rings is 1. The summed E-state index contributed by atoms with van der Waals surface area (Å²) >= 11 is 0. The van der Waals surface area contributed by atoms with E-state index in [4.69, 9.17) is 9.52 Å². The first-order chi connectivity index (χ1) is 9.50. The van der Waals surface area contributed by atoms with Crippen LogP contribution in [0.2, 0.25) is 0 Å². The molecule has 1 aromatic carbocycles. The summed E-state index contributed by atoms with van der Waals surface area (Å²) in [6.07, 6.45) is 2.86. The minimum absolute atomic E-state index is 0.0242. The monoisotopic (exact) mass is 293 g/mol. The first-order valence-electron chi connectivity index (χ1n) is 5.90. The van der Waals surface area contributed by atoms with Gasteiger partial charge in [0.05, 0.1) is 0 Å². The standard InChI is InChI=1S/C13H11NO5S/c15-13(16)10-5-3-7-14(10)20(17,18)12-8-9-4-1-2-6-11(9)19-12/h1-6,8,10H,7H2,(H,15,16)/t10-/m0/s1. The number of carbonyl (C=O) groups is 1. The number of hydrogen-bond acceptors (Lipinski definition) is 4. The van der Waals surface area contributed by atoms with E-state index < -0.39 is 22.0 Å². The average Bonchev–Trinajstić information content (AvgIpc) is 3.05. The van der Waals surface area contributed by atoms with Crippen molar-refractivity contribution in [2.24, 2.45) is 0 Å². The molecule has 0 bridgehead atoms. The second kappa shape index (κ2) is 4.46. The van der Waals surface area contributed by atoms with Gasteiger partial charge in [-0.05, 0) is 6.07 Å². The number of para-hydroxylation sites is 1. The van der Waals surface area contributed by atoms with E-state index in [0.29, 0.717) is 11.0 Å². The highest BCUT2D eigenvalue weighted by Crippen LogP contribution is 2.27. The Balaban J connectivity index is 2.05. The number of sulfonamides is 1. The first kappa shape index (κ1) is 12.9. The normalized spacial score (nSPS) is 19.7. The molecule has 0 aliphatic carbocycles. The van der Waals surface area contributed by atoms with Crippen molar-refractivity contribution in [1.82, 2.24) is 4.31 Å². The zero-order valence-electron chi connectivity index (χ0n) is 10.3. The van der Waals surface area contributed by atoms with Crippen molar-refractivity contribution in [3.63, 3.8) is 0 Å². The number of fused-ring (bicyclic) bond motifs is 1. The number of rotatable bonds is 3. The van der Waals surface area contributed by atoms with Gasteiger partial charge in [-0.25, -0.2) is 8.42 Å². The summed E-state index contributed by atoms with van der Waals surface area (Å²) in [4.78, 5) is 11.1. The van der Waals surface area contributed by atoms with Gasteiger partial charge in [-0.15, -0.1) is 0 Å². The van der Waals surface area contributed by atoms with Crippen molar-refractivity contribution in [3.05, 3.63) is 42.5 Å². The third-order valence-electron chi connectivity index (χ3n) is 3.13. The van der Waals surface area contributed by atoms with E-state index in [-0.39, 0.29) is 11.6 Å². The molecule has 1 aliphatic rings. The Morgan fingerprint density at radius 2 is 2.10 bits per heavy atom. The Labute approximate surface area is 115 Å². The zero-order chi connectivity index (χ0) is 14.3. The largest absolute Gasteiger partial charge is 0.480 e. The van der Waals surface area contributed by atoms with Crippen LogP contribution in [0.3, 0.4) is 0 Å². The van der Waals surface area contributed by atoms with Crippen LogP contribution in [0.4, 0.5) is 0 Å². The second-order valence-corrected chi connectivity index (χ2v) is 6.21. The van der Waals surface area contributed by atoms with Gasteiger partial charge in [0.1, 0.15) is 11.6 Å². The molecule has 0 unspecified atom stereocenters. The average molecular weight is 293 g/mol. The van der Waals surface area contributed by atoms with Crippen molar-refractivity contribution in [2.75, 3.05) is 6.54 Å². The summed E-state index contributed by atoms with van der Waals surface area (Å²) in [7, 11) is -3.97. The van der Waals surface area contributed by atoms with Crippen LogP contribution in [-0.4, -0.2) is 36.4 Å². The molecule has 0 saturated heterocycles. The predicted octanol–water partition coefficient (Wildman–Crippen LogP) is 1.45. The maximum absolute atomic E-state index is 12.4. The Hall–Kier alpha value is -2.12. The van der Waals surface area contributed by atoms with E-state index in [0.717, 1.165) is 4.31 Å². The fourth-order valence-corrected chi connectivity index (χ4v) is 3.60. The molecule has 0 radical (unpaired) electrons. The Bertz CT molecular complexity index is 772. The maximum atomic E-state index is 12.4. The van der Waals surface area contributed by atoms with Gasteiger partial charge in [0.15, 0.2) is 0 Å². The Morgan fingerprint density at radius 3 is 2.80 bits per heavy atom. The lowest BCUT2D eigenvalue weighted by Gasteiger charge is -2.19. The number of carboxylic acids is 1. The lowest BCUT2D eigenvalue weighted by molar-refractivity contribution is -0.139. The fourth-order valence-electron chi connectivity index (χ4n) is 2.16. The molecule has 0 saturated carbocycles. The molecule has 0 spiro atoms. The molecular formula is C13H11NO5S. The molecule has 7 heteroatoms. The SMILES string of the molecule is O=C(O)[C@@H]1C=CCN1S(=O)(=O)c1cc2ccccc2o1. The summed E-state index contributed by atoms with van der Waals surface area (Å²) in [6, 6.07) is 7.11. The molecule has 0 fully saturated rings. The molecule has 1 atom stereocenters. The van der Waals surface area contributed by atoms with Gasteiger partial charge in [0.25, 0.3) is 10.0 Å². The third kappa shape index (κ3) is 1.91. The molecule has 20 heavy (non-hydrogen) atoms. The molecule has 1 N–H and O–H groups in total. The highest BCUT2D eigenvalue weighted by molar-refractivity contribution is 7.89. The number of furan rings is 1. The zero-order valence-corrected chi connectivity index (χ0v) is 11.1. The van der Waals surface area contributed by atoms with Crippen LogP contribution in [0.1, 0.15) is 0 Å². The van der Waals surface area contributed by atoms with Crippen LogP contribution in [0.25, 0.3) is 11.0 Å². The molecule has 2 heterocycles. The summed E-state index contributed by atoms with van der Waals surface area (Å²) in [5.74, 6) is -1.21. The van der Waals surface area contributed by atoms with E-state index in [1.165, 1.54) is 18.2 Å². The molecule has 3 rings (SSSR count). The number of aliphatic carboxylic acids is 1. The minimum atomic E-state index is -3.97. The molecule has 2 aromatic rings. The summed E-state index contributed by atoms with van der Waals surface area (Å²) < 4.78 is 31.1. The maximum Gasteiger partial charge on any atom is 0.326 e. The van der Waals surface area contributed by atoms with Gasteiger partial charge in [0.2, 0.25) is 5.09 Å². The van der Waals surface area contributed by atoms with Crippen LogP contribution in [-0.2, 0) is 14.8 Å². The molecule has 0 amide bonds. The quantitative estimate of drug-likeness (QED) is 0.865. The van der Waals surface area contributed by atoms with Crippen LogP contribution >= 0.6 is 0 Å². The first-order valence-corrected chi connectivity index (χ1v) is 7.34. The van der Waals surface area contributed by atoms with Gasteiger partial charge in [-0.3, -0.25) is 4.79 Å². The summed E-state index contributed by atoms with van der Waals surface area (Å²) in [5.41, 5.74) is 0.449. The smallest absolute Gasteiger partial charge is 0.326 e. The van der Waals surface area contributed by atoms with E-state index in [1.807, 2.05) is 0 Å². The van der Waals surface area contributed by atoms with Crippen LogP contribution in [0.5, 0.6) is 0 Å². The van der Waals surface area contributed by atoms with E-state index in [9.17, 15) is 13.2 Å². The summed E-state index contributed by atoms with van der Waals surface area (Å²) in [5, 5.41) is 9.46. The molecular weight excluding hydrogens is 282 g/mol. The molecule has 1 aromatic heterocycles. The van der Waals surface area contributed by atoms with E-state index in [2.05, 4.69) is 0 Å². The van der Waals surface area contributed by atoms with Gasteiger partial charge in [-0.1, -0.05) is 30.4 Å². The number of hydrogen-bond donors (Lipinski definition) is 1. The minimum Gasteiger partial charge on any atom is -0.480 e. The second-order valence-electron chi connectivity index (χ2n) is 4.39. The van der Waals surface area contributed by atoms with Crippen molar-refractivity contribution in [1.29, 1.82) is 0 Å². The summed E-state index contributed by atoms with van der Waals surface area (Å²) in [6.45, 7) is 0.0242. The molecule has 6 nitrogen and oxygen atoms in total. The Kier molecular flexibility index (Phi) is 2.88. The van der Waals surface area contributed by atoms with Crippen molar-refractivity contribution in [2.45, 2.75) is 11.1 Å². The molecule has 104 valence electrons. The third-order valence-corrected chi connectivity index (χ3v) is 4.84. The lowest BCUT2D eigenvalue weighted by atomic mass is 10.3. The number of carboxylic acid groups (broad SMARTS) is 1. The van der Waals surface area contributed by atoms with Gasteiger partial charge in [0, 0.05) is 18.0 Å². The highest BCUT2D eigenvalue weighted by atomic mass is 32.2. The van der Waals surface area contributed by atoms with Crippen molar-refractivity contribution < 1.29 is 22.7 Å². The topological polar surface area (TPSA) is 87.8 Å².